The SMILES string of the molecule is Cc1ccc(Cl)cc1N1CCN(C(=O)c2cccc(OC(F)F)c2)CC1. The lowest BCUT2D eigenvalue weighted by Gasteiger charge is -2.37. The Bertz CT molecular complexity index is 793. The molecule has 0 bridgehead atoms. The van der Waals surface area contributed by atoms with Gasteiger partial charge in [-0.2, -0.15) is 8.78 Å². The molecule has 2 aromatic carbocycles. The van der Waals surface area contributed by atoms with Crippen molar-refractivity contribution < 1.29 is 18.3 Å². The normalized spacial score (nSPS) is 14.7. The van der Waals surface area contributed by atoms with Crippen LogP contribution in [-0.2, 0) is 0 Å². The largest absolute Gasteiger partial charge is 0.435 e. The Kier molecular flexibility index (Phi) is 5.61. The topological polar surface area (TPSA) is 32.8 Å². The van der Waals surface area contributed by atoms with Crippen molar-refractivity contribution in [1.29, 1.82) is 0 Å². The first-order valence-corrected chi connectivity index (χ1v) is 8.67. The maximum Gasteiger partial charge on any atom is 0.387 e. The van der Waals surface area contributed by atoms with Gasteiger partial charge in [0.25, 0.3) is 5.91 Å². The van der Waals surface area contributed by atoms with Crippen LogP contribution in [-0.4, -0.2) is 43.6 Å². The predicted molar refractivity (Wildman–Crippen MR) is 97.4 cm³/mol. The molecule has 4 nitrogen and oxygen atoms in total. The summed E-state index contributed by atoms with van der Waals surface area (Å²) in [6, 6.07) is 11.7. The smallest absolute Gasteiger partial charge is 0.387 e. The maximum atomic E-state index is 12.6. The molecule has 7 heteroatoms. The predicted octanol–water partition coefficient (Wildman–Crippen LogP) is 4.21. The summed E-state index contributed by atoms with van der Waals surface area (Å²) in [4.78, 5) is 16.6. The molecule has 0 N–H and O–H groups in total. The van der Waals surface area contributed by atoms with Gasteiger partial charge >= 0.3 is 6.61 Å². The van der Waals surface area contributed by atoms with Crippen molar-refractivity contribution in [3.05, 3.63) is 58.6 Å². The second kappa shape index (κ2) is 7.91. The van der Waals surface area contributed by atoms with E-state index < -0.39 is 6.61 Å². The lowest BCUT2D eigenvalue weighted by molar-refractivity contribution is -0.0499. The number of rotatable bonds is 4. The third-order valence-electron chi connectivity index (χ3n) is 4.38. The number of ether oxygens (including phenoxy) is 1. The van der Waals surface area contributed by atoms with Crippen molar-refractivity contribution in [1.82, 2.24) is 4.90 Å². The fourth-order valence-corrected chi connectivity index (χ4v) is 3.23. The lowest BCUT2D eigenvalue weighted by atomic mass is 10.1. The molecule has 0 spiro atoms. The number of hydrogen-bond donors (Lipinski definition) is 0. The van der Waals surface area contributed by atoms with Gasteiger partial charge in [-0.05, 0) is 42.8 Å². The molecule has 0 aliphatic carbocycles. The molecule has 2 aromatic rings. The quantitative estimate of drug-likeness (QED) is 0.796. The average Bonchev–Trinajstić information content (AvgIpc) is 2.63. The molecule has 1 saturated heterocycles. The van der Waals surface area contributed by atoms with E-state index in [1.54, 1.807) is 11.0 Å². The van der Waals surface area contributed by atoms with Gasteiger partial charge in [-0.3, -0.25) is 4.79 Å². The van der Waals surface area contributed by atoms with Crippen molar-refractivity contribution in [3.8, 4) is 5.75 Å². The summed E-state index contributed by atoms with van der Waals surface area (Å²) in [5, 5.41) is 0.681. The van der Waals surface area contributed by atoms with E-state index in [9.17, 15) is 13.6 Å². The highest BCUT2D eigenvalue weighted by atomic mass is 35.5. The highest BCUT2D eigenvalue weighted by molar-refractivity contribution is 6.30. The summed E-state index contributed by atoms with van der Waals surface area (Å²) in [7, 11) is 0. The molecule has 0 aromatic heterocycles. The van der Waals surface area contributed by atoms with Crippen LogP contribution in [0.2, 0.25) is 5.02 Å². The number of piperazine rings is 1. The van der Waals surface area contributed by atoms with Crippen LogP contribution in [0.3, 0.4) is 0 Å². The fourth-order valence-electron chi connectivity index (χ4n) is 3.06. The Labute approximate surface area is 155 Å². The Morgan fingerprint density at radius 3 is 2.54 bits per heavy atom. The van der Waals surface area contributed by atoms with Gasteiger partial charge in [-0.15, -0.1) is 0 Å². The van der Waals surface area contributed by atoms with E-state index in [1.807, 2.05) is 25.1 Å². The number of amides is 1. The standard InChI is InChI=1S/C19H19ClF2N2O2/c1-13-5-6-15(20)12-17(13)23-7-9-24(10-8-23)18(25)14-3-2-4-16(11-14)26-19(21)22/h2-6,11-12,19H,7-10H2,1H3. The zero-order valence-electron chi connectivity index (χ0n) is 14.3. The molecule has 0 saturated carbocycles. The van der Waals surface area contributed by atoms with Crippen LogP contribution >= 0.6 is 11.6 Å². The maximum absolute atomic E-state index is 12.6. The molecule has 0 radical (unpaired) electrons. The molecular weight excluding hydrogens is 362 g/mol. The van der Waals surface area contributed by atoms with Gasteiger partial charge in [-0.25, -0.2) is 0 Å². The van der Waals surface area contributed by atoms with Crippen LogP contribution in [0.25, 0.3) is 0 Å². The molecule has 1 fully saturated rings. The zero-order chi connectivity index (χ0) is 18.7. The minimum absolute atomic E-state index is 0.0148. The van der Waals surface area contributed by atoms with E-state index in [0.717, 1.165) is 11.3 Å². The summed E-state index contributed by atoms with van der Waals surface area (Å²) in [5.74, 6) is -0.203. The molecule has 1 aliphatic rings. The van der Waals surface area contributed by atoms with Crippen molar-refractivity contribution in [3.63, 3.8) is 0 Å². The Hall–Kier alpha value is -2.34. The first kappa shape index (κ1) is 18.5. The summed E-state index contributed by atoms with van der Waals surface area (Å²) in [5.41, 5.74) is 2.54. The molecule has 1 heterocycles. The monoisotopic (exact) mass is 380 g/mol. The Morgan fingerprint density at radius 1 is 1.12 bits per heavy atom. The molecule has 3 rings (SSSR count). The number of halogens is 3. The summed E-state index contributed by atoms with van der Waals surface area (Å²) >= 11 is 6.09. The van der Waals surface area contributed by atoms with E-state index >= 15 is 0 Å². The molecule has 1 aliphatic heterocycles. The van der Waals surface area contributed by atoms with Gasteiger partial charge in [0.15, 0.2) is 0 Å². The molecule has 26 heavy (non-hydrogen) atoms. The number of nitrogens with zero attached hydrogens (tertiary/aromatic N) is 2. The van der Waals surface area contributed by atoms with Crippen LogP contribution in [0.5, 0.6) is 5.75 Å². The van der Waals surface area contributed by atoms with Gasteiger partial charge in [0, 0.05) is 42.5 Å². The Morgan fingerprint density at radius 2 is 1.85 bits per heavy atom. The number of alkyl halides is 2. The van der Waals surface area contributed by atoms with E-state index in [0.29, 0.717) is 36.8 Å². The lowest BCUT2D eigenvalue weighted by Crippen LogP contribution is -2.49. The number of carbonyl (C=O) groups excluding carboxylic acids is 1. The molecule has 0 atom stereocenters. The molecule has 0 unspecified atom stereocenters. The van der Waals surface area contributed by atoms with Crippen molar-refractivity contribution in [2.45, 2.75) is 13.5 Å². The van der Waals surface area contributed by atoms with Crippen LogP contribution in [0.1, 0.15) is 15.9 Å². The highest BCUT2D eigenvalue weighted by Crippen LogP contribution is 2.26. The minimum atomic E-state index is -2.91. The summed E-state index contributed by atoms with van der Waals surface area (Å²) < 4.78 is 29.0. The third-order valence-corrected chi connectivity index (χ3v) is 4.62. The number of hydrogen-bond acceptors (Lipinski definition) is 3. The number of aryl methyl sites for hydroxylation is 1. The van der Waals surface area contributed by atoms with Gasteiger partial charge in [0.05, 0.1) is 0 Å². The van der Waals surface area contributed by atoms with Gasteiger partial charge in [0.1, 0.15) is 5.75 Å². The average molecular weight is 381 g/mol. The third kappa shape index (κ3) is 4.25. The van der Waals surface area contributed by atoms with Gasteiger partial charge in [0.2, 0.25) is 0 Å². The molecule has 1 amide bonds. The number of benzene rings is 2. The van der Waals surface area contributed by atoms with Crippen LogP contribution in [0.15, 0.2) is 42.5 Å². The minimum Gasteiger partial charge on any atom is -0.435 e. The van der Waals surface area contributed by atoms with E-state index in [1.165, 1.54) is 18.2 Å². The van der Waals surface area contributed by atoms with Crippen LogP contribution < -0.4 is 9.64 Å². The second-order valence-electron chi connectivity index (χ2n) is 6.12. The first-order chi connectivity index (χ1) is 12.4. The Balaban J connectivity index is 1.66. The first-order valence-electron chi connectivity index (χ1n) is 8.29. The second-order valence-corrected chi connectivity index (χ2v) is 6.55. The van der Waals surface area contributed by atoms with E-state index in [2.05, 4.69) is 9.64 Å². The fraction of sp³-hybridized carbons (Fsp3) is 0.316. The van der Waals surface area contributed by atoms with Gasteiger partial charge < -0.3 is 14.5 Å². The van der Waals surface area contributed by atoms with Crippen molar-refractivity contribution >= 4 is 23.2 Å². The zero-order valence-corrected chi connectivity index (χ0v) is 15.0. The van der Waals surface area contributed by atoms with Crippen molar-refractivity contribution in [2.24, 2.45) is 0 Å². The molecular formula is C19H19ClF2N2O2. The van der Waals surface area contributed by atoms with E-state index in [-0.39, 0.29) is 11.7 Å². The van der Waals surface area contributed by atoms with E-state index in [4.69, 9.17) is 11.6 Å². The molecule has 138 valence electrons. The highest BCUT2D eigenvalue weighted by Gasteiger charge is 2.23. The summed E-state index contributed by atoms with van der Waals surface area (Å²) in [6.07, 6.45) is 0. The van der Waals surface area contributed by atoms with Gasteiger partial charge in [-0.1, -0.05) is 23.7 Å². The number of carbonyl (C=O) groups is 1. The van der Waals surface area contributed by atoms with Crippen LogP contribution in [0.4, 0.5) is 14.5 Å². The van der Waals surface area contributed by atoms with Crippen molar-refractivity contribution in [2.75, 3.05) is 31.1 Å². The van der Waals surface area contributed by atoms with Crippen LogP contribution in [0, 0.1) is 6.92 Å². The number of anilines is 1. The summed E-state index contributed by atoms with van der Waals surface area (Å²) in [6.45, 7) is 1.57.